The summed E-state index contributed by atoms with van der Waals surface area (Å²) >= 11 is 0. The Morgan fingerprint density at radius 2 is 1.88 bits per heavy atom. The summed E-state index contributed by atoms with van der Waals surface area (Å²) in [6, 6.07) is 8.25. The lowest BCUT2D eigenvalue weighted by molar-refractivity contribution is 0.0561. The second-order valence-electron chi connectivity index (χ2n) is 7.15. The van der Waals surface area contributed by atoms with Crippen molar-refractivity contribution in [1.29, 1.82) is 0 Å². The fraction of sp³-hybridized carbons (Fsp3) is 0.650. The summed E-state index contributed by atoms with van der Waals surface area (Å²) in [7, 11) is 2.24. The van der Waals surface area contributed by atoms with E-state index in [-0.39, 0.29) is 5.91 Å². The third-order valence-electron chi connectivity index (χ3n) is 5.47. The molecule has 2 heterocycles. The molecule has 0 N–H and O–H groups in total. The molecule has 0 aliphatic carbocycles. The van der Waals surface area contributed by atoms with Gasteiger partial charge in [0.15, 0.2) is 0 Å². The maximum Gasteiger partial charge on any atom is 0.257 e. The summed E-state index contributed by atoms with van der Waals surface area (Å²) in [6.07, 6.45) is 3.98. The van der Waals surface area contributed by atoms with Gasteiger partial charge in [0, 0.05) is 38.8 Å². The zero-order valence-corrected chi connectivity index (χ0v) is 15.6. The summed E-state index contributed by atoms with van der Waals surface area (Å²) in [5, 5.41) is 0. The first kappa shape index (κ1) is 18.2. The van der Waals surface area contributed by atoms with Gasteiger partial charge in [-0.15, -0.1) is 0 Å². The van der Waals surface area contributed by atoms with Crippen molar-refractivity contribution in [3.63, 3.8) is 0 Å². The Morgan fingerprint density at radius 3 is 2.60 bits per heavy atom. The van der Waals surface area contributed by atoms with Crippen LogP contribution < -0.4 is 4.74 Å². The van der Waals surface area contributed by atoms with E-state index in [9.17, 15) is 4.79 Å². The number of piperidine rings is 1. The highest BCUT2D eigenvalue weighted by Crippen LogP contribution is 2.21. The van der Waals surface area contributed by atoms with Crippen LogP contribution >= 0.6 is 0 Å². The standard InChI is InChI=1S/C20H31N3O2/c1-3-25-19-10-5-4-9-18(19)20(24)23-14-12-22(13-15-23)16-17-8-6-7-11-21(17)2/h4-5,9-10,17H,3,6-8,11-16H2,1-2H3/t17-/m1/s1. The highest BCUT2D eigenvalue weighted by atomic mass is 16.5. The van der Waals surface area contributed by atoms with Crippen LogP contribution in [-0.4, -0.2) is 79.6 Å². The van der Waals surface area contributed by atoms with E-state index in [2.05, 4.69) is 16.8 Å². The maximum atomic E-state index is 12.9. The number of ether oxygens (including phenoxy) is 1. The fourth-order valence-corrected chi connectivity index (χ4v) is 3.90. The number of nitrogens with zero attached hydrogens (tertiary/aromatic N) is 3. The van der Waals surface area contributed by atoms with Gasteiger partial charge in [0.25, 0.3) is 5.91 Å². The Kier molecular flexibility index (Phi) is 6.32. The molecule has 5 heteroatoms. The number of piperazine rings is 1. The molecule has 3 rings (SSSR count). The van der Waals surface area contributed by atoms with Crippen molar-refractivity contribution in [3.05, 3.63) is 29.8 Å². The van der Waals surface area contributed by atoms with E-state index in [4.69, 9.17) is 4.74 Å². The van der Waals surface area contributed by atoms with Crippen molar-refractivity contribution in [2.75, 3.05) is 52.9 Å². The molecule has 1 amide bonds. The number of carbonyl (C=O) groups is 1. The van der Waals surface area contributed by atoms with E-state index < -0.39 is 0 Å². The molecular formula is C20H31N3O2. The summed E-state index contributed by atoms with van der Waals surface area (Å²) in [5.74, 6) is 0.791. The lowest BCUT2D eigenvalue weighted by Crippen LogP contribution is -2.53. The molecule has 1 atom stereocenters. The Bertz CT molecular complexity index is 570. The molecular weight excluding hydrogens is 314 g/mol. The number of likely N-dealkylation sites (N-methyl/N-ethyl adjacent to an activating group) is 1. The van der Waals surface area contributed by atoms with Crippen molar-refractivity contribution in [3.8, 4) is 5.75 Å². The second-order valence-corrected chi connectivity index (χ2v) is 7.15. The van der Waals surface area contributed by atoms with Crippen LogP contribution in [0.5, 0.6) is 5.75 Å². The lowest BCUT2D eigenvalue weighted by Gasteiger charge is -2.40. The number of hydrogen-bond acceptors (Lipinski definition) is 4. The predicted octanol–water partition coefficient (Wildman–Crippen LogP) is 2.33. The minimum atomic E-state index is 0.0958. The fourth-order valence-electron chi connectivity index (χ4n) is 3.90. The first-order valence-electron chi connectivity index (χ1n) is 9.62. The van der Waals surface area contributed by atoms with E-state index in [0.29, 0.717) is 24.0 Å². The minimum Gasteiger partial charge on any atom is -0.493 e. The van der Waals surface area contributed by atoms with Gasteiger partial charge in [0.1, 0.15) is 5.75 Å². The van der Waals surface area contributed by atoms with Gasteiger partial charge in [0.2, 0.25) is 0 Å². The van der Waals surface area contributed by atoms with Gasteiger partial charge in [-0.2, -0.15) is 0 Å². The molecule has 1 aromatic carbocycles. The van der Waals surface area contributed by atoms with Crippen LogP contribution in [-0.2, 0) is 0 Å². The average molecular weight is 345 g/mol. The van der Waals surface area contributed by atoms with Crippen LogP contribution in [0.15, 0.2) is 24.3 Å². The zero-order chi connectivity index (χ0) is 17.6. The smallest absolute Gasteiger partial charge is 0.257 e. The quantitative estimate of drug-likeness (QED) is 0.821. The molecule has 0 unspecified atom stereocenters. The highest BCUT2D eigenvalue weighted by Gasteiger charge is 2.27. The molecule has 2 aliphatic heterocycles. The van der Waals surface area contributed by atoms with Crippen LogP contribution in [0.1, 0.15) is 36.5 Å². The Hall–Kier alpha value is -1.59. The zero-order valence-electron chi connectivity index (χ0n) is 15.6. The van der Waals surface area contributed by atoms with Crippen LogP contribution in [0, 0.1) is 0 Å². The Balaban J connectivity index is 1.54. The van der Waals surface area contributed by atoms with Crippen molar-refractivity contribution in [2.24, 2.45) is 0 Å². The van der Waals surface area contributed by atoms with Gasteiger partial charge in [-0.25, -0.2) is 0 Å². The van der Waals surface area contributed by atoms with Gasteiger partial charge < -0.3 is 14.5 Å². The summed E-state index contributed by atoms with van der Waals surface area (Å²) in [4.78, 5) is 19.9. The molecule has 5 nitrogen and oxygen atoms in total. The number of amides is 1. The van der Waals surface area contributed by atoms with Crippen LogP contribution in [0.3, 0.4) is 0 Å². The molecule has 2 aliphatic rings. The van der Waals surface area contributed by atoms with E-state index >= 15 is 0 Å². The molecule has 2 fully saturated rings. The highest BCUT2D eigenvalue weighted by molar-refractivity contribution is 5.97. The molecule has 0 radical (unpaired) electrons. The number of para-hydroxylation sites is 1. The third kappa shape index (κ3) is 4.53. The summed E-state index contributed by atoms with van der Waals surface area (Å²) in [5.41, 5.74) is 0.685. The molecule has 1 aromatic rings. The van der Waals surface area contributed by atoms with E-state index in [1.807, 2.05) is 36.1 Å². The van der Waals surface area contributed by atoms with Crippen molar-refractivity contribution >= 4 is 5.91 Å². The number of benzene rings is 1. The summed E-state index contributed by atoms with van der Waals surface area (Å²) < 4.78 is 5.62. The van der Waals surface area contributed by atoms with Gasteiger partial charge in [-0.05, 0) is 45.5 Å². The van der Waals surface area contributed by atoms with Gasteiger partial charge in [-0.3, -0.25) is 9.69 Å². The van der Waals surface area contributed by atoms with Crippen LogP contribution in [0.4, 0.5) is 0 Å². The molecule has 0 saturated carbocycles. The normalized spacial score (nSPS) is 22.8. The average Bonchev–Trinajstić information content (AvgIpc) is 2.64. The van der Waals surface area contributed by atoms with Gasteiger partial charge in [0.05, 0.1) is 12.2 Å². The first-order valence-corrected chi connectivity index (χ1v) is 9.62. The third-order valence-corrected chi connectivity index (χ3v) is 5.47. The number of likely N-dealkylation sites (tertiary alicyclic amines) is 1. The second kappa shape index (κ2) is 8.68. The monoisotopic (exact) mass is 345 g/mol. The number of hydrogen-bond donors (Lipinski definition) is 0. The van der Waals surface area contributed by atoms with Crippen molar-refractivity contribution < 1.29 is 9.53 Å². The molecule has 2 saturated heterocycles. The molecule has 0 spiro atoms. The van der Waals surface area contributed by atoms with Gasteiger partial charge >= 0.3 is 0 Å². The van der Waals surface area contributed by atoms with Crippen molar-refractivity contribution in [1.82, 2.24) is 14.7 Å². The predicted molar refractivity (Wildman–Crippen MR) is 100 cm³/mol. The molecule has 138 valence electrons. The molecule has 25 heavy (non-hydrogen) atoms. The van der Waals surface area contributed by atoms with Crippen LogP contribution in [0.25, 0.3) is 0 Å². The number of carbonyl (C=O) groups excluding carboxylic acids is 1. The Labute approximate surface area is 151 Å². The SMILES string of the molecule is CCOc1ccccc1C(=O)N1CCN(C[C@H]2CCCCN2C)CC1. The van der Waals surface area contributed by atoms with E-state index in [0.717, 1.165) is 32.7 Å². The Morgan fingerprint density at radius 1 is 1.12 bits per heavy atom. The first-order chi connectivity index (χ1) is 12.2. The lowest BCUT2D eigenvalue weighted by atomic mass is 10.0. The van der Waals surface area contributed by atoms with Crippen LogP contribution in [0.2, 0.25) is 0 Å². The maximum absolute atomic E-state index is 12.9. The molecule has 0 bridgehead atoms. The van der Waals surface area contributed by atoms with Gasteiger partial charge in [-0.1, -0.05) is 18.6 Å². The molecule has 0 aromatic heterocycles. The van der Waals surface area contributed by atoms with Crippen molar-refractivity contribution in [2.45, 2.75) is 32.2 Å². The summed E-state index contributed by atoms with van der Waals surface area (Å²) in [6.45, 7) is 8.41. The number of rotatable bonds is 5. The topological polar surface area (TPSA) is 36.0 Å². The minimum absolute atomic E-state index is 0.0958. The largest absolute Gasteiger partial charge is 0.493 e. The van der Waals surface area contributed by atoms with E-state index in [1.165, 1.54) is 25.8 Å². The van der Waals surface area contributed by atoms with E-state index in [1.54, 1.807) is 0 Å².